The van der Waals surface area contributed by atoms with Crippen molar-refractivity contribution in [2.24, 2.45) is 0 Å². The molecule has 2 aromatic carbocycles. The summed E-state index contributed by atoms with van der Waals surface area (Å²) in [6, 6.07) is 13.0. The predicted octanol–water partition coefficient (Wildman–Crippen LogP) is 4.42. The molecule has 0 bridgehead atoms. The van der Waals surface area contributed by atoms with Gasteiger partial charge in [-0.2, -0.15) is 0 Å². The zero-order chi connectivity index (χ0) is 20.5. The first-order valence-corrected chi connectivity index (χ1v) is 10.2. The Morgan fingerprint density at radius 1 is 0.862 bits per heavy atom. The van der Waals surface area contributed by atoms with Gasteiger partial charge < -0.3 is 10.6 Å². The van der Waals surface area contributed by atoms with Crippen molar-refractivity contribution in [3.63, 3.8) is 0 Å². The molecule has 4 nitrogen and oxygen atoms in total. The van der Waals surface area contributed by atoms with Gasteiger partial charge in [0.15, 0.2) is 0 Å². The number of allylic oxidation sites excluding steroid dienone is 1. The number of hydrogen-bond acceptors (Lipinski definition) is 2. The van der Waals surface area contributed by atoms with Crippen LogP contribution in [0.4, 0.5) is 4.39 Å². The van der Waals surface area contributed by atoms with Gasteiger partial charge in [-0.25, -0.2) is 4.39 Å². The number of carbonyl (C=O) groups is 2. The van der Waals surface area contributed by atoms with E-state index in [0.717, 1.165) is 24.8 Å². The van der Waals surface area contributed by atoms with Gasteiger partial charge in [0.05, 0.1) is 0 Å². The summed E-state index contributed by atoms with van der Waals surface area (Å²) in [5.74, 6) is -0.667. The zero-order valence-corrected chi connectivity index (χ0v) is 16.5. The van der Waals surface area contributed by atoms with Crippen LogP contribution in [0.2, 0.25) is 0 Å². The topological polar surface area (TPSA) is 58.2 Å². The highest BCUT2D eigenvalue weighted by Crippen LogP contribution is 2.19. The maximum Gasteiger partial charge on any atom is 0.251 e. The summed E-state index contributed by atoms with van der Waals surface area (Å²) in [6.07, 6.45) is 8.54. The third-order valence-electron chi connectivity index (χ3n) is 5.12. The van der Waals surface area contributed by atoms with Crippen molar-refractivity contribution in [2.75, 3.05) is 13.1 Å². The SMILES string of the molecule is O=C(NCCC1=CCCCC1)c1cccc(C(=O)NCCc2ccc(F)cc2)c1. The Morgan fingerprint density at radius 3 is 2.14 bits per heavy atom. The molecule has 0 atom stereocenters. The molecule has 0 spiro atoms. The second-order valence-corrected chi connectivity index (χ2v) is 7.33. The van der Waals surface area contributed by atoms with Gasteiger partial charge in [-0.05, 0) is 74.4 Å². The smallest absolute Gasteiger partial charge is 0.251 e. The molecule has 29 heavy (non-hydrogen) atoms. The number of benzene rings is 2. The van der Waals surface area contributed by atoms with E-state index >= 15 is 0 Å². The lowest BCUT2D eigenvalue weighted by molar-refractivity contribution is 0.0953. The van der Waals surface area contributed by atoms with Crippen LogP contribution >= 0.6 is 0 Å². The van der Waals surface area contributed by atoms with E-state index in [0.29, 0.717) is 30.6 Å². The summed E-state index contributed by atoms with van der Waals surface area (Å²) in [5.41, 5.74) is 3.30. The fraction of sp³-hybridized carbons (Fsp3) is 0.333. The number of carbonyl (C=O) groups excluding carboxylic acids is 2. The Kier molecular flexibility index (Phi) is 7.56. The molecule has 0 aliphatic heterocycles. The number of hydrogen-bond donors (Lipinski definition) is 2. The highest BCUT2D eigenvalue weighted by atomic mass is 19.1. The van der Waals surface area contributed by atoms with E-state index in [2.05, 4.69) is 16.7 Å². The first kappa shape index (κ1) is 20.8. The normalized spacial score (nSPS) is 13.5. The Labute approximate surface area is 171 Å². The van der Waals surface area contributed by atoms with Gasteiger partial charge in [0.2, 0.25) is 0 Å². The molecule has 1 aliphatic rings. The molecule has 3 rings (SSSR count). The molecule has 0 radical (unpaired) electrons. The quantitative estimate of drug-likeness (QED) is 0.651. The van der Waals surface area contributed by atoms with E-state index in [9.17, 15) is 14.0 Å². The molecule has 1 aliphatic carbocycles. The zero-order valence-electron chi connectivity index (χ0n) is 16.5. The number of halogens is 1. The summed E-state index contributed by atoms with van der Waals surface area (Å²) in [4.78, 5) is 24.8. The van der Waals surface area contributed by atoms with E-state index in [-0.39, 0.29) is 17.6 Å². The summed E-state index contributed by atoms with van der Waals surface area (Å²) < 4.78 is 12.9. The Hall–Kier alpha value is -2.95. The van der Waals surface area contributed by atoms with E-state index in [1.807, 2.05) is 0 Å². The highest BCUT2D eigenvalue weighted by molar-refractivity contribution is 5.99. The Balaban J connectivity index is 1.47. The molecule has 0 saturated heterocycles. The third kappa shape index (κ3) is 6.56. The molecular weight excluding hydrogens is 367 g/mol. The van der Waals surface area contributed by atoms with Crippen LogP contribution in [-0.2, 0) is 6.42 Å². The van der Waals surface area contributed by atoms with Gasteiger partial charge in [-0.1, -0.05) is 29.8 Å². The number of rotatable bonds is 8. The minimum Gasteiger partial charge on any atom is -0.352 e. The van der Waals surface area contributed by atoms with Gasteiger partial charge >= 0.3 is 0 Å². The van der Waals surface area contributed by atoms with Crippen LogP contribution < -0.4 is 10.6 Å². The lowest BCUT2D eigenvalue weighted by atomic mass is 9.97. The van der Waals surface area contributed by atoms with Crippen molar-refractivity contribution in [3.05, 3.63) is 82.7 Å². The maximum atomic E-state index is 12.9. The molecule has 0 saturated carbocycles. The van der Waals surface area contributed by atoms with Gasteiger partial charge in [-0.15, -0.1) is 0 Å². The van der Waals surface area contributed by atoms with Crippen LogP contribution in [0.15, 0.2) is 60.2 Å². The Morgan fingerprint density at radius 2 is 1.52 bits per heavy atom. The molecule has 0 unspecified atom stereocenters. The van der Waals surface area contributed by atoms with Crippen molar-refractivity contribution in [1.82, 2.24) is 10.6 Å². The summed E-state index contributed by atoms with van der Waals surface area (Å²) in [7, 11) is 0. The average molecular weight is 394 g/mol. The molecular formula is C24H27FN2O2. The first-order chi connectivity index (χ1) is 14.1. The summed E-state index contributed by atoms with van der Waals surface area (Å²) in [5, 5.41) is 5.78. The minimum absolute atomic E-state index is 0.164. The number of amides is 2. The van der Waals surface area contributed by atoms with Crippen LogP contribution in [0.5, 0.6) is 0 Å². The lowest BCUT2D eigenvalue weighted by Crippen LogP contribution is -2.27. The standard InChI is InChI=1S/C24H27FN2O2/c25-22-11-9-19(10-12-22)14-16-27-24(29)21-8-4-7-20(17-21)23(28)26-15-13-18-5-2-1-3-6-18/h4-5,7-12,17H,1-3,6,13-16H2,(H,26,28)(H,27,29). The van der Waals surface area contributed by atoms with E-state index in [1.54, 1.807) is 36.4 Å². The van der Waals surface area contributed by atoms with Crippen molar-refractivity contribution < 1.29 is 14.0 Å². The summed E-state index contributed by atoms with van der Waals surface area (Å²) in [6.45, 7) is 1.05. The van der Waals surface area contributed by atoms with Crippen LogP contribution in [0.3, 0.4) is 0 Å². The molecule has 2 amide bonds. The van der Waals surface area contributed by atoms with Crippen molar-refractivity contribution in [3.8, 4) is 0 Å². The van der Waals surface area contributed by atoms with Crippen molar-refractivity contribution in [2.45, 2.75) is 38.5 Å². The molecule has 152 valence electrons. The first-order valence-electron chi connectivity index (χ1n) is 10.2. The van der Waals surface area contributed by atoms with Crippen molar-refractivity contribution >= 4 is 11.8 Å². The van der Waals surface area contributed by atoms with Crippen LogP contribution in [0.25, 0.3) is 0 Å². The second kappa shape index (κ2) is 10.6. The molecule has 0 aromatic heterocycles. The molecule has 5 heteroatoms. The fourth-order valence-electron chi connectivity index (χ4n) is 3.45. The third-order valence-corrected chi connectivity index (χ3v) is 5.12. The second-order valence-electron chi connectivity index (χ2n) is 7.33. The van der Waals surface area contributed by atoms with Gasteiger partial charge in [0.1, 0.15) is 5.82 Å². The lowest BCUT2D eigenvalue weighted by Gasteiger charge is -2.13. The molecule has 2 N–H and O–H groups in total. The minimum atomic E-state index is -0.275. The van der Waals surface area contributed by atoms with Crippen LogP contribution in [-0.4, -0.2) is 24.9 Å². The van der Waals surface area contributed by atoms with Gasteiger partial charge in [0, 0.05) is 24.2 Å². The monoisotopic (exact) mass is 394 g/mol. The molecule has 2 aromatic rings. The fourth-order valence-corrected chi connectivity index (χ4v) is 3.45. The average Bonchev–Trinajstić information content (AvgIpc) is 2.76. The van der Waals surface area contributed by atoms with Gasteiger partial charge in [0.25, 0.3) is 11.8 Å². The van der Waals surface area contributed by atoms with E-state index in [4.69, 9.17) is 0 Å². The van der Waals surface area contributed by atoms with Crippen LogP contribution in [0, 0.1) is 5.82 Å². The summed E-state index contributed by atoms with van der Waals surface area (Å²) >= 11 is 0. The Bertz CT molecular complexity index is 875. The maximum absolute atomic E-state index is 12.9. The number of nitrogens with one attached hydrogen (secondary N) is 2. The molecule has 0 heterocycles. The van der Waals surface area contributed by atoms with Crippen molar-refractivity contribution in [1.29, 1.82) is 0 Å². The van der Waals surface area contributed by atoms with Gasteiger partial charge in [-0.3, -0.25) is 9.59 Å². The molecule has 0 fully saturated rings. The largest absolute Gasteiger partial charge is 0.352 e. The van der Waals surface area contributed by atoms with E-state index in [1.165, 1.54) is 30.5 Å². The van der Waals surface area contributed by atoms with Crippen LogP contribution in [0.1, 0.15) is 58.4 Å². The predicted molar refractivity (Wildman–Crippen MR) is 112 cm³/mol. The van der Waals surface area contributed by atoms with E-state index < -0.39 is 0 Å². The highest BCUT2D eigenvalue weighted by Gasteiger charge is 2.11.